The second kappa shape index (κ2) is 8.79. The van der Waals surface area contributed by atoms with Crippen molar-refractivity contribution in [2.24, 2.45) is 0 Å². The molecule has 2 rings (SSSR count). The summed E-state index contributed by atoms with van der Waals surface area (Å²) in [4.78, 5) is 14.4. The number of nitrogens with one attached hydrogen (secondary N) is 1. The third kappa shape index (κ3) is 5.34. The highest BCUT2D eigenvalue weighted by molar-refractivity contribution is 5.67. The SMILES string of the molecule is CCC(C)N1CCCC(NC(=O)OCc2ccccc2)CC1.[HH]. The number of carbonyl (C=O) groups excluding carboxylic acids is 1. The third-order valence-electron chi connectivity index (χ3n) is 4.51. The van der Waals surface area contributed by atoms with Gasteiger partial charge in [0.25, 0.3) is 0 Å². The molecule has 124 valence electrons. The lowest BCUT2D eigenvalue weighted by atomic mass is 10.1. The van der Waals surface area contributed by atoms with Gasteiger partial charge in [0.2, 0.25) is 0 Å². The molecule has 4 nitrogen and oxygen atoms in total. The molecule has 0 spiro atoms. The Morgan fingerprint density at radius 3 is 2.86 bits per heavy atom. The molecular formula is C18H30N2O2. The Labute approximate surface area is 135 Å². The molecule has 1 heterocycles. The molecule has 0 saturated carbocycles. The number of alkyl carbamates (subject to hydrolysis) is 1. The summed E-state index contributed by atoms with van der Waals surface area (Å²) in [6.07, 6.45) is 4.05. The van der Waals surface area contributed by atoms with Crippen LogP contribution in [-0.2, 0) is 11.3 Å². The van der Waals surface area contributed by atoms with Crippen molar-refractivity contribution in [3.63, 3.8) is 0 Å². The maximum Gasteiger partial charge on any atom is 0.407 e. The molecule has 1 saturated heterocycles. The van der Waals surface area contributed by atoms with Crippen molar-refractivity contribution >= 4 is 6.09 Å². The van der Waals surface area contributed by atoms with Crippen molar-refractivity contribution in [1.29, 1.82) is 0 Å². The quantitative estimate of drug-likeness (QED) is 0.899. The Bertz CT molecular complexity index is 456. The predicted octanol–water partition coefficient (Wildman–Crippen LogP) is 3.81. The molecule has 2 unspecified atom stereocenters. The van der Waals surface area contributed by atoms with Crippen molar-refractivity contribution in [1.82, 2.24) is 10.2 Å². The second-order valence-electron chi connectivity index (χ2n) is 6.13. The number of likely N-dealkylation sites (tertiary alicyclic amines) is 1. The molecule has 1 fully saturated rings. The van der Waals surface area contributed by atoms with Crippen molar-refractivity contribution in [2.45, 2.75) is 58.2 Å². The molecule has 22 heavy (non-hydrogen) atoms. The van der Waals surface area contributed by atoms with E-state index in [0.717, 1.165) is 37.9 Å². The normalized spacial score (nSPS) is 20.9. The summed E-state index contributed by atoms with van der Waals surface area (Å²) in [6, 6.07) is 10.6. The van der Waals surface area contributed by atoms with E-state index in [-0.39, 0.29) is 13.6 Å². The number of hydrogen-bond acceptors (Lipinski definition) is 3. The number of ether oxygens (including phenoxy) is 1. The van der Waals surface area contributed by atoms with Gasteiger partial charge >= 0.3 is 6.09 Å². The Morgan fingerprint density at radius 2 is 2.14 bits per heavy atom. The van der Waals surface area contributed by atoms with Crippen LogP contribution in [0.3, 0.4) is 0 Å². The first-order chi connectivity index (χ1) is 10.7. The maximum absolute atomic E-state index is 11.9. The van der Waals surface area contributed by atoms with Crippen LogP contribution < -0.4 is 5.32 Å². The predicted molar refractivity (Wildman–Crippen MR) is 90.8 cm³/mol. The molecule has 0 aliphatic carbocycles. The van der Waals surface area contributed by atoms with Crippen LogP contribution in [0.1, 0.15) is 46.5 Å². The molecule has 1 aliphatic heterocycles. The molecule has 0 bridgehead atoms. The van der Waals surface area contributed by atoms with E-state index in [9.17, 15) is 4.79 Å². The first-order valence-corrected chi connectivity index (χ1v) is 8.40. The van der Waals surface area contributed by atoms with E-state index in [1.54, 1.807) is 0 Å². The van der Waals surface area contributed by atoms with Crippen LogP contribution in [0.15, 0.2) is 30.3 Å². The summed E-state index contributed by atoms with van der Waals surface area (Å²) in [7, 11) is 0. The van der Waals surface area contributed by atoms with Gasteiger partial charge in [-0.3, -0.25) is 0 Å². The van der Waals surface area contributed by atoms with Gasteiger partial charge in [0.05, 0.1) is 0 Å². The largest absolute Gasteiger partial charge is 0.445 e. The molecule has 1 aromatic rings. The lowest BCUT2D eigenvalue weighted by molar-refractivity contribution is 0.134. The Balaban J connectivity index is 0.00000264. The van der Waals surface area contributed by atoms with Crippen LogP contribution in [0.4, 0.5) is 4.79 Å². The molecule has 1 aliphatic rings. The van der Waals surface area contributed by atoms with E-state index in [2.05, 4.69) is 24.1 Å². The molecule has 0 radical (unpaired) electrons. The minimum absolute atomic E-state index is 0. The molecule has 1 amide bonds. The second-order valence-corrected chi connectivity index (χ2v) is 6.13. The summed E-state index contributed by atoms with van der Waals surface area (Å²) in [5, 5.41) is 3.02. The lowest BCUT2D eigenvalue weighted by Gasteiger charge is -2.26. The highest BCUT2D eigenvalue weighted by Gasteiger charge is 2.21. The van der Waals surface area contributed by atoms with Gasteiger partial charge in [0.15, 0.2) is 0 Å². The smallest absolute Gasteiger partial charge is 0.407 e. The number of nitrogens with zero attached hydrogens (tertiary/aromatic N) is 1. The van der Waals surface area contributed by atoms with E-state index >= 15 is 0 Å². The van der Waals surface area contributed by atoms with Crippen LogP contribution in [-0.4, -0.2) is 36.2 Å². The van der Waals surface area contributed by atoms with Gasteiger partial charge in [-0.25, -0.2) is 4.79 Å². The Hall–Kier alpha value is -1.55. The van der Waals surface area contributed by atoms with E-state index in [1.165, 1.54) is 6.42 Å². The van der Waals surface area contributed by atoms with E-state index in [1.807, 2.05) is 30.3 Å². The highest BCUT2D eigenvalue weighted by atomic mass is 16.5. The van der Waals surface area contributed by atoms with Gasteiger partial charge in [-0.1, -0.05) is 37.3 Å². The number of benzene rings is 1. The maximum atomic E-state index is 11.9. The molecule has 1 N–H and O–H groups in total. The summed E-state index contributed by atoms with van der Waals surface area (Å²) in [5.41, 5.74) is 1.02. The average molecular weight is 306 g/mol. The van der Waals surface area contributed by atoms with Crippen molar-refractivity contribution < 1.29 is 11.0 Å². The standard InChI is InChI=1S/C18H28N2O2.H2/c1-3-15(2)20-12-7-10-17(11-13-20)19-18(21)22-14-16-8-5-4-6-9-16;/h4-6,8-9,15,17H,3,7,10-14H2,1-2H3,(H,19,21);1H. The van der Waals surface area contributed by atoms with E-state index in [0.29, 0.717) is 12.6 Å². The van der Waals surface area contributed by atoms with Gasteiger partial charge < -0.3 is 15.0 Å². The van der Waals surface area contributed by atoms with Gasteiger partial charge in [0, 0.05) is 20.1 Å². The third-order valence-corrected chi connectivity index (χ3v) is 4.51. The molecule has 2 atom stereocenters. The van der Waals surface area contributed by atoms with Gasteiger partial charge in [-0.2, -0.15) is 0 Å². The van der Waals surface area contributed by atoms with Crippen molar-refractivity contribution in [3.8, 4) is 0 Å². The molecule has 4 heteroatoms. The fourth-order valence-corrected chi connectivity index (χ4v) is 2.89. The monoisotopic (exact) mass is 306 g/mol. The number of rotatable bonds is 5. The van der Waals surface area contributed by atoms with Crippen LogP contribution in [0, 0.1) is 0 Å². The minimum atomic E-state index is -0.300. The number of carbonyl (C=O) groups is 1. The van der Waals surface area contributed by atoms with Gasteiger partial charge in [-0.15, -0.1) is 0 Å². The first-order valence-electron chi connectivity index (χ1n) is 8.40. The highest BCUT2D eigenvalue weighted by Crippen LogP contribution is 2.15. The molecule has 0 aromatic heterocycles. The Kier molecular flexibility index (Phi) is 6.72. The fourth-order valence-electron chi connectivity index (χ4n) is 2.89. The van der Waals surface area contributed by atoms with E-state index in [4.69, 9.17) is 4.74 Å². The van der Waals surface area contributed by atoms with Gasteiger partial charge in [-0.05, 0) is 44.7 Å². The Morgan fingerprint density at radius 1 is 1.36 bits per heavy atom. The average Bonchev–Trinajstić information content (AvgIpc) is 2.79. The van der Waals surface area contributed by atoms with Crippen LogP contribution in [0.25, 0.3) is 0 Å². The fraction of sp³-hybridized carbons (Fsp3) is 0.611. The summed E-state index contributed by atoms with van der Waals surface area (Å²) in [5.74, 6) is 0. The van der Waals surface area contributed by atoms with Crippen LogP contribution >= 0.6 is 0 Å². The topological polar surface area (TPSA) is 41.6 Å². The minimum Gasteiger partial charge on any atom is -0.445 e. The molecule has 1 aromatic carbocycles. The summed E-state index contributed by atoms with van der Waals surface area (Å²) >= 11 is 0. The number of amides is 1. The zero-order valence-corrected chi connectivity index (χ0v) is 13.8. The van der Waals surface area contributed by atoms with Crippen molar-refractivity contribution in [3.05, 3.63) is 35.9 Å². The van der Waals surface area contributed by atoms with Crippen LogP contribution in [0.2, 0.25) is 0 Å². The zero-order chi connectivity index (χ0) is 15.8. The van der Waals surface area contributed by atoms with Gasteiger partial charge in [0.1, 0.15) is 6.61 Å². The van der Waals surface area contributed by atoms with Crippen molar-refractivity contribution in [2.75, 3.05) is 13.1 Å². The zero-order valence-electron chi connectivity index (χ0n) is 13.8. The summed E-state index contributed by atoms with van der Waals surface area (Å²) in [6.45, 7) is 7.03. The molecular weight excluding hydrogens is 276 g/mol. The first kappa shape index (κ1) is 16.8. The van der Waals surface area contributed by atoms with Crippen LogP contribution in [0.5, 0.6) is 0 Å². The summed E-state index contributed by atoms with van der Waals surface area (Å²) < 4.78 is 5.30. The van der Waals surface area contributed by atoms with E-state index < -0.39 is 0 Å². The number of hydrogen-bond donors (Lipinski definition) is 1. The lowest BCUT2D eigenvalue weighted by Crippen LogP contribution is -2.37.